The Morgan fingerprint density at radius 1 is 0.667 bits per heavy atom. The molecule has 0 fully saturated rings. The molecule has 0 aromatic heterocycles. The first-order valence-electron chi connectivity index (χ1n) is 9.60. The zero-order valence-corrected chi connectivity index (χ0v) is 15.3. The van der Waals surface area contributed by atoms with E-state index in [-0.39, 0.29) is 0 Å². The molecule has 0 aliphatic rings. The molecule has 2 N–H and O–H groups in total. The topological polar surface area (TPSA) is 24.1 Å². The second-order valence-corrected chi connectivity index (χ2v) is 7.09. The normalized spacial score (nSPS) is 13.0. The van der Waals surface area contributed by atoms with Crippen molar-refractivity contribution in [3.8, 4) is 0 Å². The van der Waals surface area contributed by atoms with Crippen molar-refractivity contribution in [2.45, 2.75) is 97.9 Å². The van der Waals surface area contributed by atoms with Crippen LogP contribution in [0.1, 0.15) is 91.9 Å². The number of nitrogens with one attached hydrogen (secondary N) is 2. The minimum atomic E-state index is 0.599. The van der Waals surface area contributed by atoms with E-state index in [1.54, 1.807) is 0 Å². The Bertz CT molecular complexity index is 192. The van der Waals surface area contributed by atoms with E-state index >= 15 is 0 Å². The van der Waals surface area contributed by atoms with E-state index in [0.29, 0.717) is 6.04 Å². The largest absolute Gasteiger partial charge is 0.315 e. The Morgan fingerprint density at radius 2 is 1.19 bits per heavy atom. The van der Waals surface area contributed by atoms with Crippen LogP contribution in [-0.2, 0) is 0 Å². The van der Waals surface area contributed by atoms with Gasteiger partial charge in [0.2, 0.25) is 0 Å². The van der Waals surface area contributed by atoms with Gasteiger partial charge in [-0.2, -0.15) is 0 Å². The predicted octanol–water partition coefficient (Wildman–Crippen LogP) is 5.13. The molecule has 0 aromatic carbocycles. The molecule has 0 aliphatic carbocycles. The van der Waals surface area contributed by atoms with E-state index in [1.165, 1.54) is 70.8 Å². The lowest BCUT2D eigenvalue weighted by atomic mass is 10.1. The van der Waals surface area contributed by atoms with E-state index in [2.05, 4.69) is 38.3 Å². The highest BCUT2D eigenvalue weighted by Crippen LogP contribution is 2.10. The predicted molar refractivity (Wildman–Crippen MR) is 97.0 cm³/mol. The quantitative estimate of drug-likeness (QED) is 0.386. The van der Waals surface area contributed by atoms with Gasteiger partial charge in [-0.05, 0) is 32.4 Å². The fraction of sp³-hybridized carbons (Fsp3) is 1.00. The van der Waals surface area contributed by atoms with Crippen LogP contribution in [-0.4, -0.2) is 25.7 Å². The standard InChI is InChI=1S/C19H42N2/c1-5-6-7-8-9-10-11-12-13-14-15-21-19(4)17-20-16-18(2)3/h18-21H,5-17H2,1-4H3. The molecular formula is C19H42N2. The lowest BCUT2D eigenvalue weighted by Crippen LogP contribution is -2.38. The molecular weight excluding hydrogens is 256 g/mol. The summed E-state index contributed by atoms with van der Waals surface area (Å²) >= 11 is 0. The van der Waals surface area contributed by atoms with E-state index < -0.39 is 0 Å². The number of rotatable bonds is 16. The zero-order valence-electron chi connectivity index (χ0n) is 15.3. The van der Waals surface area contributed by atoms with Crippen LogP contribution >= 0.6 is 0 Å². The van der Waals surface area contributed by atoms with Gasteiger partial charge >= 0.3 is 0 Å². The van der Waals surface area contributed by atoms with Gasteiger partial charge in [-0.25, -0.2) is 0 Å². The summed E-state index contributed by atoms with van der Waals surface area (Å²) in [5.41, 5.74) is 0. The van der Waals surface area contributed by atoms with Crippen LogP contribution < -0.4 is 10.6 Å². The molecule has 21 heavy (non-hydrogen) atoms. The Morgan fingerprint density at radius 3 is 1.71 bits per heavy atom. The van der Waals surface area contributed by atoms with Gasteiger partial charge in [-0.1, -0.05) is 78.6 Å². The number of hydrogen-bond acceptors (Lipinski definition) is 2. The van der Waals surface area contributed by atoms with Gasteiger partial charge in [0.1, 0.15) is 0 Å². The summed E-state index contributed by atoms with van der Waals surface area (Å²) in [6, 6.07) is 0.599. The summed E-state index contributed by atoms with van der Waals surface area (Å²) in [7, 11) is 0. The van der Waals surface area contributed by atoms with E-state index in [1.807, 2.05) is 0 Å². The highest BCUT2D eigenvalue weighted by molar-refractivity contribution is 4.64. The second-order valence-electron chi connectivity index (χ2n) is 7.09. The van der Waals surface area contributed by atoms with Gasteiger partial charge in [0.25, 0.3) is 0 Å². The molecule has 1 unspecified atom stereocenters. The van der Waals surface area contributed by atoms with E-state index in [9.17, 15) is 0 Å². The highest BCUT2D eigenvalue weighted by Gasteiger charge is 2.00. The first-order valence-corrected chi connectivity index (χ1v) is 9.60. The Hall–Kier alpha value is -0.0800. The van der Waals surface area contributed by atoms with Gasteiger partial charge in [0.05, 0.1) is 0 Å². The van der Waals surface area contributed by atoms with E-state index in [0.717, 1.165) is 19.0 Å². The molecule has 2 nitrogen and oxygen atoms in total. The fourth-order valence-corrected chi connectivity index (χ4v) is 2.62. The first kappa shape index (κ1) is 20.9. The summed E-state index contributed by atoms with van der Waals surface area (Å²) in [5.74, 6) is 0.749. The Labute approximate surface area is 134 Å². The van der Waals surface area contributed by atoms with Crippen LogP contribution in [0.3, 0.4) is 0 Å². The summed E-state index contributed by atoms with van der Waals surface area (Å²) < 4.78 is 0. The van der Waals surface area contributed by atoms with Crippen molar-refractivity contribution in [3.05, 3.63) is 0 Å². The maximum Gasteiger partial charge on any atom is 0.0164 e. The Kier molecular flexibility index (Phi) is 16.2. The molecule has 0 aliphatic heterocycles. The highest BCUT2D eigenvalue weighted by atomic mass is 15.0. The molecule has 2 heteroatoms. The summed E-state index contributed by atoms with van der Waals surface area (Å²) in [6.45, 7) is 12.5. The van der Waals surface area contributed by atoms with Crippen LogP contribution in [0.4, 0.5) is 0 Å². The number of unbranched alkanes of at least 4 members (excludes halogenated alkanes) is 9. The van der Waals surface area contributed by atoms with Crippen LogP contribution in [0.15, 0.2) is 0 Å². The monoisotopic (exact) mass is 298 g/mol. The third-order valence-corrected chi connectivity index (χ3v) is 4.03. The minimum absolute atomic E-state index is 0.599. The summed E-state index contributed by atoms with van der Waals surface area (Å²) in [4.78, 5) is 0. The number of hydrogen-bond donors (Lipinski definition) is 2. The fourth-order valence-electron chi connectivity index (χ4n) is 2.62. The van der Waals surface area contributed by atoms with E-state index in [4.69, 9.17) is 0 Å². The molecule has 0 rings (SSSR count). The smallest absolute Gasteiger partial charge is 0.0164 e. The maximum atomic E-state index is 3.62. The summed E-state index contributed by atoms with van der Waals surface area (Å²) in [6.07, 6.45) is 14.2. The second kappa shape index (κ2) is 16.3. The van der Waals surface area contributed by atoms with Crippen LogP contribution in [0.2, 0.25) is 0 Å². The molecule has 0 heterocycles. The van der Waals surface area contributed by atoms with Crippen molar-refractivity contribution in [3.63, 3.8) is 0 Å². The molecule has 128 valence electrons. The molecule has 0 amide bonds. The van der Waals surface area contributed by atoms with Crippen molar-refractivity contribution in [1.82, 2.24) is 10.6 Å². The molecule has 1 atom stereocenters. The molecule has 0 aromatic rings. The van der Waals surface area contributed by atoms with Crippen molar-refractivity contribution in [2.24, 2.45) is 5.92 Å². The van der Waals surface area contributed by atoms with Gasteiger partial charge in [0, 0.05) is 12.6 Å². The average Bonchev–Trinajstić information content (AvgIpc) is 2.44. The van der Waals surface area contributed by atoms with Gasteiger partial charge in [0.15, 0.2) is 0 Å². The van der Waals surface area contributed by atoms with Crippen molar-refractivity contribution in [1.29, 1.82) is 0 Å². The minimum Gasteiger partial charge on any atom is -0.315 e. The SMILES string of the molecule is CCCCCCCCCCCCNC(C)CNCC(C)C. The Balaban J connectivity index is 3.10. The zero-order chi connectivity index (χ0) is 15.8. The average molecular weight is 299 g/mol. The lowest BCUT2D eigenvalue weighted by Gasteiger charge is -2.15. The lowest BCUT2D eigenvalue weighted by molar-refractivity contribution is 0.461. The first-order chi connectivity index (χ1) is 10.2. The molecule has 0 spiro atoms. The maximum absolute atomic E-state index is 3.62. The summed E-state index contributed by atoms with van der Waals surface area (Å²) in [5, 5.41) is 7.13. The molecule has 0 bridgehead atoms. The molecule has 0 radical (unpaired) electrons. The molecule has 0 saturated heterocycles. The third-order valence-electron chi connectivity index (χ3n) is 4.03. The van der Waals surface area contributed by atoms with Crippen LogP contribution in [0.5, 0.6) is 0 Å². The van der Waals surface area contributed by atoms with Crippen LogP contribution in [0.25, 0.3) is 0 Å². The van der Waals surface area contributed by atoms with Gasteiger partial charge in [-0.15, -0.1) is 0 Å². The molecule has 0 saturated carbocycles. The third kappa shape index (κ3) is 17.9. The van der Waals surface area contributed by atoms with Crippen molar-refractivity contribution < 1.29 is 0 Å². The van der Waals surface area contributed by atoms with Crippen molar-refractivity contribution >= 4 is 0 Å². The van der Waals surface area contributed by atoms with Crippen LogP contribution in [0, 0.1) is 5.92 Å². The van der Waals surface area contributed by atoms with Crippen molar-refractivity contribution in [2.75, 3.05) is 19.6 Å². The van der Waals surface area contributed by atoms with Gasteiger partial charge in [-0.3, -0.25) is 0 Å². The van der Waals surface area contributed by atoms with Gasteiger partial charge < -0.3 is 10.6 Å².